The van der Waals surface area contributed by atoms with Crippen LogP contribution >= 0.6 is 11.3 Å². The van der Waals surface area contributed by atoms with Gasteiger partial charge >= 0.3 is 5.97 Å². The van der Waals surface area contributed by atoms with Gasteiger partial charge < -0.3 is 19.5 Å². The van der Waals surface area contributed by atoms with Gasteiger partial charge in [0.2, 0.25) is 0 Å². The van der Waals surface area contributed by atoms with Crippen molar-refractivity contribution in [1.82, 2.24) is 9.88 Å². The van der Waals surface area contributed by atoms with Crippen LogP contribution in [0.1, 0.15) is 34.8 Å². The lowest BCUT2D eigenvalue weighted by Crippen LogP contribution is -2.32. The van der Waals surface area contributed by atoms with Crippen LogP contribution < -0.4 is 9.47 Å². The molecule has 0 atom stereocenters. The van der Waals surface area contributed by atoms with Crippen molar-refractivity contribution in [1.29, 1.82) is 0 Å². The van der Waals surface area contributed by atoms with Gasteiger partial charge in [0, 0.05) is 24.2 Å². The molecule has 44 heavy (non-hydrogen) atoms. The second kappa shape index (κ2) is 13.6. The summed E-state index contributed by atoms with van der Waals surface area (Å²) in [6, 6.07) is 31.7. The zero-order chi connectivity index (χ0) is 31.2. The number of thiazole rings is 1. The highest BCUT2D eigenvalue weighted by atomic mass is 32.1. The van der Waals surface area contributed by atoms with Crippen molar-refractivity contribution in [3.63, 3.8) is 0 Å². The number of rotatable bonds is 11. The summed E-state index contributed by atoms with van der Waals surface area (Å²) < 4.78 is 11.4. The van der Waals surface area contributed by atoms with Crippen molar-refractivity contribution in [3.8, 4) is 44.3 Å². The second-order valence-electron chi connectivity index (χ2n) is 10.7. The van der Waals surface area contributed by atoms with Crippen LogP contribution in [-0.4, -0.2) is 46.6 Å². The Morgan fingerprint density at radius 3 is 2.11 bits per heavy atom. The molecule has 8 heteroatoms. The number of aryl methyl sites for hydroxylation is 1. The summed E-state index contributed by atoms with van der Waals surface area (Å²) >= 11 is 1.57. The van der Waals surface area contributed by atoms with E-state index in [1.165, 1.54) is 0 Å². The number of hydrogen-bond donors (Lipinski definition) is 1. The molecule has 1 amide bonds. The fourth-order valence-corrected chi connectivity index (χ4v) is 5.63. The fraction of sp³-hybridized carbons (Fsp3) is 0.194. The van der Waals surface area contributed by atoms with Gasteiger partial charge in [0.05, 0.1) is 10.6 Å². The molecule has 0 saturated carbocycles. The van der Waals surface area contributed by atoms with E-state index >= 15 is 0 Å². The molecule has 1 aromatic heterocycles. The van der Waals surface area contributed by atoms with Crippen molar-refractivity contribution < 1.29 is 24.2 Å². The van der Waals surface area contributed by atoms with Crippen LogP contribution in [0.2, 0.25) is 0 Å². The normalized spacial score (nSPS) is 10.9. The first-order chi connectivity index (χ1) is 21.2. The third-order valence-corrected chi connectivity index (χ3v) is 8.36. The summed E-state index contributed by atoms with van der Waals surface area (Å²) in [6.45, 7) is 5.68. The van der Waals surface area contributed by atoms with Gasteiger partial charge in [0.25, 0.3) is 5.91 Å². The molecule has 0 radical (unpaired) electrons. The summed E-state index contributed by atoms with van der Waals surface area (Å²) in [6.07, 6.45) is 0. The van der Waals surface area contributed by atoms with E-state index in [0.29, 0.717) is 17.1 Å². The summed E-state index contributed by atoms with van der Waals surface area (Å²) in [5.74, 6) is 0.0797. The Bertz CT molecular complexity index is 1750. The van der Waals surface area contributed by atoms with E-state index < -0.39 is 12.6 Å². The molecule has 7 nitrogen and oxygen atoms in total. The number of carboxylic acids is 1. The third kappa shape index (κ3) is 7.15. The quantitative estimate of drug-likeness (QED) is 0.164. The molecule has 0 fully saturated rings. The lowest BCUT2D eigenvalue weighted by molar-refractivity contribution is -0.139. The van der Waals surface area contributed by atoms with E-state index in [2.05, 4.69) is 36.4 Å². The van der Waals surface area contributed by atoms with Crippen molar-refractivity contribution in [2.45, 2.75) is 33.4 Å². The maximum Gasteiger partial charge on any atom is 0.341 e. The van der Waals surface area contributed by atoms with E-state index in [-0.39, 0.29) is 18.6 Å². The molecule has 1 N–H and O–H groups in total. The number of aromatic nitrogens is 1. The van der Waals surface area contributed by atoms with Gasteiger partial charge in [0.1, 0.15) is 23.1 Å². The minimum atomic E-state index is -1.03. The molecule has 5 aromatic rings. The lowest BCUT2D eigenvalue weighted by Gasteiger charge is -2.21. The summed E-state index contributed by atoms with van der Waals surface area (Å²) in [5.41, 5.74) is 6.47. The van der Waals surface area contributed by atoms with Crippen molar-refractivity contribution in [2.24, 2.45) is 0 Å². The van der Waals surface area contributed by atoms with Gasteiger partial charge in [-0.2, -0.15) is 0 Å². The molecular formula is C36H34N2O5S. The number of carboxylic acid groups (broad SMARTS) is 1. The smallest absolute Gasteiger partial charge is 0.341 e. The molecular weight excluding hydrogens is 572 g/mol. The molecule has 0 spiro atoms. The summed E-state index contributed by atoms with van der Waals surface area (Å²) in [7, 11) is 1.81. The fourth-order valence-electron chi connectivity index (χ4n) is 4.63. The number of carbonyl (C=O) groups is 2. The third-order valence-electron chi connectivity index (χ3n) is 7.29. The first-order valence-corrected chi connectivity index (χ1v) is 15.1. The Morgan fingerprint density at radius 2 is 1.48 bits per heavy atom. The minimum Gasteiger partial charge on any atom is -0.486 e. The molecule has 0 aliphatic rings. The average molecular weight is 607 g/mol. The van der Waals surface area contributed by atoms with Crippen LogP contribution in [0.3, 0.4) is 0 Å². The molecule has 5 rings (SSSR count). The Morgan fingerprint density at radius 1 is 0.841 bits per heavy atom. The molecule has 0 saturated heterocycles. The van der Waals surface area contributed by atoms with Crippen molar-refractivity contribution in [2.75, 3.05) is 13.7 Å². The van der Waals surface area contributed by atoms with E-state index in [1.807, 2.05) is 76.3 Å². The highest BCUT2D eigenvalue weighted by Gasteiger charge is 2.18. The zero-order valence-electron chi connectivity index (χ0n) is 25.1. The number of carbonyl (C=O) groups excluding carboxylic acids is 1. The van der Waals surface area contributed by atoms with Crippen LogP contribution in [0.4, 0.5) is 0 Å². The Kier molecular flexibility index (Phi) is 9.41. The van der Waals surface area contributed by atoms with Crippen molar-refractivity contribution in [3.05, 3.63) is 113 Å². The van der Waals surface area contributed by atoms with Gasteiger partial charge in [0.15, 0.2) is 6.61 Å². The Hall–Kier alpha value is -4.95. The molecule has 0 unspecified atom stereocenters. The summed E-state index contributed by atoms with van der Waals surface area (Å²) in [5, 5.41) is 9.69. The Balaban J connectivity index is 1.43. The molecule has 0 aliphatic heterocycles. The molecule has 4 aromatic carbocycles. The van der Waals surface area contributed by atoms with Crippen LogP contribution in [0, 0.1) is 6.92 Å². The first kappa shape index (κ1) is 30.5. The van der Waals surface area contributed by atoms with E-state index in [4.69, 9.17) is 19.6 Å². The highest BCUT2D eigenvalue weighted by molar-refractivity contribution is 7.15. The standard InChI is InChI=1S/C36H34N2O5S/c1-23(2)38(4)36(41)29-16-12-27(13-17-29)34-35(28-14-10-26(11-15-28)25-8-6-5-7-9-25)44-32(37-34)21-42-30-18-19-31(24(3)20-30)43-22-33(39)40/h5-20,23H,21-22H2,1-4H3,(H,39,40). The predicted molar refractivity (Wildman–Crippen MR) is 174 cm³/mol. The molecule has 0 aliphatic carbocycles. The maximum absolute atomic E-state index is 12.9. The second-order valence-corrected chi connectivity index (χ2v) is 11.8. The lowest BCUT2D eigenvalue weighted by atomic mass is 10.0. The monoisotopic (exact) mass is 606 g/mol. The molecule has 1 heterocycles. The van der Waals surface area contributed by atoms with Crippen LogP contribution in [0.15, 0.2) is 97.1 Å². The SMILES string of the molecule is Cc1cc(OCc2nc(-c3ccc(C(=O)N(C)C(C)C)cc3)c(-c3ccc(-c4ccccc4)cc3)s2)ccc1OCC(=O)O. The van der Waals surface area contributed by atoms with Crippen LogP contribution in [-0.2, 0) is 11.4 Å². The highest BCUT2D eigenvalue weighted by Crippen LogP contribution is 2.38. The molecule has 0 bridgehead atoms. The van der Waals surface area contributed by atoms with E-state index in [1.54, 1.807) is 28.4 Å². The van der Waals surface area contributed by atoms with E-state index in [0.717, 1.165) is 43.4 Å². The predicted octanol–water partition coefficient (Wildman–Crippen LogP) is 7.98. The number of aliphatic carboxylic acids is 1. The minimum absolute atomic E-state index is 0.0229. The number of hydrogen-bond acceptors (Lipinski definition) is 6. The number of ether oxygens (including phenoxy) is 2. The van der Waals surface area contributed by atoms with Crippen LogP contribution in [0.5, 0.6) is 11.5 Å². The van der Waals surface area contributed by atoms with Crippen LogP contribution in [0.25, 0.3) is 32.8 Å². The molecule has 224 valence electrons. The zero-order valence-corrected chi connectivity index (χ0v) is 25.9. The Labute approximate surface area is 261 Å². The van der Waals surface area contributed by atoms with Gasteiger partial charge in [-0.25, -0.2) is 9.78 Å². The summed E-state index contributed by atoms with van der Waals surface area (Å²) in [4.78, 5) is 31.4. The largest absolute Gasteiger partial charge is 0.486 e. The van der Waals surface area contributed by atoms with Gasteiger partial charge in [-0.3, -0.25) is 4.79 Å². The van der Waals surface area contributed by atoms with Crippen molar-refractivity contribution >= 4 is 23.2 Å². The van der Waals surface area contributed by atoms with Gasteiger partial charge in [-0.1, -0.05) is 66.7 Å². The first-order valence-electron chi connectivity index (χ1n) is 14.3. The average Bonchev–Trinajstić information content (AvgIpc) is 3.47. The van der Waals surface area contributed by atoms with Gasteiger partial charge in [-0.15, -0.1) is 11.3 Å². The number of benzene rings is 4. The van der Waals surface area contributed by atoms with Gasteiger partial charge in [-0.05, 0) is 73.4 Å². The number of amides is 1. The topological polar surface area (TPSA) is 89.0 Å². The van der Waals surface area contributed by atoms with E-state index in [9.17, 15) is 9.59 Å². The maximum atomic E-state index is 12.9. The number of nitrogens with zero attached hydrogens (tertiary/aromatic N) is 2.